The maximum Gasteiger partial charge on any atom is 0.410 e. The van der Waals surface area contributed by atoms with E-state index < -0.39 is 5.60 Å². The highest BCUT2D eigenvalue weighted by Gasteiger charge is 2.28. The fourth-order valence-corrected chi connectivity index (χ4v) is 2.25. The average molecular weight is 266 g/mol. The Morgan fingerprint density at radius 3 is 2.53 bits per heavy atom. The summed E-state index contributed by atoms with van der Waals surface area (Å²) in [5, 5.41) is 4.23. The number of hydrogen-bond donors (Lipinski definition) is 1. The van der Waals surface area contributed by atoms with Gasteiger partial charge in [0.05, 0.1) is 12.2 Å². The van der Waals surface area contributed by atoms with Gasteiger partial charge in [-0.3, -0.25) is 0 Å². The fourth-order valence-electron chi connectivity index (χ4n) is 2.25. The monoisotopic (exact) mass is 266 g/mol. The average Bonchev–Trinajstić information content (AvgIpc) is 2.73. The maximum atomic E-state index is 11.9. The molecule has 0 unspecified atom stereocenters. The first kappa shape index (κ1) is 13.7. The summed E-state index contributed by atoms with van der Waals surface area (Å²) in [6.45, 7) is 6.99. The lowest BCUT2D eigenvalue weighted by Gasteiger charge is -2.33. The molecule has 0 saturated carbocycles. The molecule has 1 aliphatic heterocycles. The molecule has 2 heterocycles. The number of amides is 1. The molecule has 1 fully saturated rings. The molecule has 106 valence electrons. The molecule has 2 rings (SSSR count). The maximum absolute atomic E-state index is 11.9. The number of rotatable bonds is 1. The second kappa shape index (κ2) is 5.11. The minimum Gasteiger partial charge on any atom is -0.444 e. The van der Waals surface area contributed by atoms with Gasteiger partial charge in [0.25, 0.3) is 0 Å². The van der Waals surface area contributed by atoms with Crippen LogP contribution in [0.5, 0.6) is 0 Å². The third-order valence-electron chi connectivity index (χ3n) is 3.16. The van der Waals surface area contributed by atoms with Crippen molar-refractivity contribution in [3.63, 3.8) is 0 Å². The molecule has 6 nitrogen and oxygen atoms in total. The summed E-state index contributed by atoms with van der Waals surface area (Å²) in [4.78, 5) is 13.7. The van der Waals surface area contributed by atoms with Crippen LogP contribution in [0.15, 0.2) is 12.3 Å². The number of nitrogens with two attached hydrogens (primary N) is 1. The van der Waals surface area contributed by atoms with Crippen molar-refractivity contribution in [1.82, 2.24) is 14.7 Å². The van der Waals surface area contributed by atoms with Crippen LogP contribution in [0.1, 0.15) is 39.7 Å². The Balaban J connectivity index is 1.89. The summed E-state index contributed by atoms with van der Waals surface area (Å²) < 4.78 is 7.21. The number of ether oxygens (including phenoxy) is 1. The zero-order chi connectivity index (χ0) is 14.0. The van der Waals surface area contributed by atoms with Gasteiger partial charge in [0.1, 0.15) is 11.4 Å². The predicted octanol–water partition coefficient (Wildman–Crippen LogP) is 2.04. The van der Waals surface area contributed by atoms with Crippen LogP contribution < -0.4 is 5.73 Å². The van der Waals surface area contributed by atoms with Crippen LogP contribution in [0.25, 0.3) is 0 Å². The van der Waals surface area contributed by atoms with Crippen LogP contribution in [0.2, 0.25) is 0 Å². The van der Waals surface area contributed by atoms with E-state index in [0.717, 1.165) is 12.8 Å². The number of likely N-dealkylation sites (tertiary alicyclic amines) is 1. The Hall–Kier alpha value is -1.72. The van der Waals surface area contributed by atoms with Crippen LogP contribution >= 0.6 is 0 Å². The van der Waals surface area contributed by atoms with E-state index in [4.69, 9.17) is 10.5 Å². The SMILES string of the molecule is CC(C)(C)OC(=O)N1CCC(n2nccc2N)CC1. The Kier molecular flexibility index (Phi) is 3.68. The molecule has 2 N–H and O–H groups in total. The van der Waals surface area contributed by atoms with Crippen LogP contribution in [0, 0.1) is 0 Å². The molecule has 0 aromatic carbocycles. The van der Waals surface area contributed by atoms with E-state index in [1.165, 1.54) is 0 Å². The van der Waals surface area contributed by atoms with Crippen molar-refractivity contribution < 1.29 is 9.53 Å². The Labute approximate surface area is 113 Å². The Bertz CT molecular complexity index is 442. The zero-order valence-corrected chi connectivity index (χ0v) is 11.8. The molecule has 0 bridgehead atoms. The number of hydrogen-bond acceptors (Lipinski definition) is 4. The molecule has 1 aromatic rings. The number of piperidine rings is 1. The van der Waals surface area contributed by atoms with Gasteiger partial charge in [0, 0.05) is 13.1 Å². The quantitative estimate of drug-likeness (QED) is 0.844. The lowest BCUT2D eigenvalue weighted by Crippen LogP contribution is -2.42. The number of nitrogen functional groups attached to an aromatic ring is 1. The highest BCUT2D eigenvalue weighted by atomic mass is 16.6. The minimum atomic E-state index is -0.444. The third kappa shape index (κ3) is 3.39. The van der Waals surface area contributed by atoms with Gasteiger partial charge >= 0.3 is 6.09 Å². The van der Waals surface area contributed by atoms with E-state index in [-0.39, 0.29) is 12.1 Å². The molecule has 19 heavy (non-hydrogen) atoms. The minimum absolute atomic E-state index is 0.237. The number of aromatic nitrogens is 2. The molecule has 0 spiro atoms. The molecule has 0 radical (unpaired) electrons. The number of nitrogens with zero attached hydrogens (tertiary/aromatic N) is 3. The van der Waals surface area contributed by atoms with Crippen molar-refractivity contribution in [2.24, 2.45) is 0 Å². The summed E-state index contributed by atoms with van der Waals surface area (Å²) in [7, 11) is 0. The fraction of sp³-hybridized carbons (Fsp3) is 0.692. The lowest BCUT2D eigenvalue weighted by atomic mass is 10.1. The Morgan fingerprint density at radius 2 is 2.05 bits per heavy atom. The van der Waals surface area contributed by atoms with E-state index in [1.54, 1.807) is 17.2 Å². The van der Waals surface area contributed by atoms with Crippen molar-refractivity contribution >= 4 is 11.9 Å². The van der Waals surface area contributed by atoms with Crippen LogP contribution in [0.4, 0.5) is 10.6 Å². The second-order valence-corrected chi connectivity index (χ2v) is 5.90. The molecule has 0 atom stereocenters. The normalized spacial score (nSPS) is 17.5. The van der Waals surface area contributed by atoms with Gasteiger partial charge in [-0.15, -0.1) is 0 Å². The molecule has 6 heteroatoms. The number of anilines is 1. The highest BCUT2D eigenvalue weighted by Crippen LogP contribution is 2.25. The van der Waals surface area contributed by atoms with Crippen molar-refractivity contribution in [3.8, 4) is 0 Å². The van der Waals surface area contributed by atoms with Crippen LogP contribution in [-0.4, -0.2) is 39.5 Å². The standard InChI is InChI=1S/C13H22N4O2/c1-13(2,3)19-12(18)16-8-5-10(6-9-16)17-11(14)4-7-15-17/h4,7,10H,5-6,8-9,14H2,1-3H3. The molecule has 1 amide bonds. The highest BCUT2D eigenvalue weighted by molar-refractivity contribution is 5.68. The van der Waals surface area contributed by atoms with Crippen LogP contribution in [0.3, 0.4) is 0 Å². The lowest BCUT2D eigenvalue weighted by molar-refractivity contribution is 0.0185. The van der Waals surface area contributed by atoms with E-state index in [1.807, 2.05) is 25.5 Å². The Morgan fingerprint density at radius 1 is 1.42 bits per heavy atom. The summed E-state index contributed by atoms with van der Waals surface area (Å²) >= 11 is 0. The molecule has 0 aliphatic carbocycles. The van der Waals surface area contributed by atoms with Gasteiger partial charge in [0.2, 0.25) is 0 Å². The van der Waals surface area contributed by atoms with Crippen molar-refractivity contribution in [3.05, 3.63) is 12.3 Å². The zero-order valence-electron chi connectivity index (χ0n) is 11.8. The van der Waals surface area contributed by atoms with Crippen LogP contribution in [-0.2, 0) is 4.74 Å². The first-order valence-corrected chi connectivity index (χ1v) is 6.64. The summed E-state index contributed by atoms with van der Waals surface area (Å²) in [6, 6.07) is 2.06. The van der Waals surface area contributed by atoms with Gasteiger partial charge in [-0.1, -0.05) is 0 Å². The summed E-state index contributed by atoms with van der Waals surface area (Å²) in [6.07, 6.45) is 3.17. The molecular formula is C13H22N4O2. The molecular weight excluding hydrogens is 244 g/mol. The topological polar surface area (TPSA) is 73.4 Å². The third-order valence-corrected chi connectivity index (χ3v) is 3.16. The summed E-state index contributed by atoms with van der Waals surface area (Å²) in [5.74, 6) is 0.677. The van der Waals surface area contributed by atoms with Gasteiger partial charge in [0.15, 0.2) is 0 Å². The second-order valence-electron chi connectivity index (χ2n) is 5.90. The van der Waals surface area contributed by atoms with Crippen molar-refractivity contribution in [2.75, 3.05) is 18.8 Å². The molecule has 1 aromatic heterocycles. The van der Waals surface area contributed by atoms with Gasteiger partial charge in [-0.25, -0.2) is 9.48 Å². The molecule has 1 saturated heterocycles. The van der Waals surface area contributed by atoms with Gasteiger partial charge in [-0.05, 0) is 39.7 Å². The van der Waals surface area contributed by atoms with E-state index in [2.05, 4.69) is 5.10 Å². The summed E-state index contributed by atoms with van der Waals surface area (Å²) in [5.41, 5.74) is 5.40. The van der Waals surface area contributed by atoms with E-state index in [0.29, 0.717) is 18.9 Å². The van der Waals surface area contributed by atoms with Crippen molar-refractivity contribution in [1.29, 1.82) is 0 Å². The van der Waals surface area contributed by atoms with Crippen molar-refractivity contribution in [2.45, 2.75) is 45.3 Å². The van der Waals surface area contributed by atoms with E-state index >= 15 is 0 Å². The van der Waals surface area contributed by atoms with Gasteiger partial charge in [-0.2, -0.15) is 5.10 Å². The smallest absolute Gasteiger partial charge is 0.410 e. The molecule has 1 aliphatic rings. The van der Waals surface area contributed by atoms with E-state index in [9.17, 15) is 4.79 Å². The number of carbonyl (C=O) groups excluding carboxylic acids is 1. The van der Waals surface area contributed by atoms with Gasteiger partial charge < -0.3 is 15.4 Å². The number of carbonyl (C=O) groups is 1. The predicted molar refractivity (Wildman–Crippen MR) is 72.7 cm³/mol. The largest absolute Gasteiger partial charge is 0.444 e. The first-order chi connectivity index (χ1) is 8.87. The first-order valence-electron chi connectivity index (χ1n) is 6.64.